The number of rotatable bonds is 6. The lowest BCUT2D eigenvalue weighted by Crippen LogP contribution is -2.25. The van der Waals surface area contributed by atoms with Crippen molar-refractivity contribution in [3.05, 3.63) is 39.4 Å². The van der Waals surface area contributed by atoms with Crippen molar-refractivity contribution in [3.63, 3.8) is 0 Å². The zero-order chi connectivity index (χ0) is 13.0. The summed E-state index contributed by atoms with van der Waals surface area (Å²) in [7, 11) is -3.39. The average Bonchev–Trinajstić information content (AvgIpc) is 2.99. The molecule has 0 aliphatic carbocycles. The zero-order valence-corrected chi connectivity index (χ0v) is 12.1. The second-order valence-electron chi connectivity index (χ2n) is 3.65. The Balaban J connectivity index is 1.95. The van der Waals surface area contributed by atoms with Crippen LogP contribution in [0.3, 0.4) is 0 Å². The van der Waals surface area contributed by atoms with E-state index in [0.29, 0.717) is 23.7 Å². The van der Waals surface area contributed by atoms with E-state index in [1.807, 2.05) is 17.5 Å². The van der Waals surface area contributed by atoms with Crippen molar-refractivity contribution in [1.82, 2.24) is 4.72 Å². The molecular weight excluding hydrogens is 288 g/mol. The lowest BCUT2D eigenvalue weighted by atomic mass is 10.3. The summed E-state index contributed by atoms with van der Waals surface area (Å²) in [6.07, 6.45) is 0.714. The maximum Gasteiger partial charge on any atom is 0.250 e. The molecule has 0 aliphatic rings. The highest BCUT2D eigenvalue weighted by molar-refractivity contribution is 7.91. The topological polar surface area (TPSA) is 72.2 Å². The number of hydrogen-bond acceptors (Lipinski definition) is 5. The number of nitrogens with two attached hydrogens (primary N) is 1. The van der Waals surface area contributed by atoms with Gasteiger partial charge in [0.15, 0.2) is 0 Å². The highest BCUT2D eigenvalue weighted by Crippen LogP contribution is 2.20. The molecule has 3 N–H and O–H groups in total. The van der Waals surface area contributed by atoms with Gasteiger partial charge in [0.1, 0.15) is 4.21 Å². The van der Waals surface area contributed by atoms with Crippen LogP contribution in [-0.4, -0.2) is 15.0 Å². The van der Waals surface area contributed by atoms with Gasteiger partial charge in [0.25, 0.3) is 0 Å². The second kappa shape index (κ2) is 5.94. The maximum atomic E-state index is 12.0. The quantitative estimate of drug-likeness (QED) is 0.854. The monoisotopic (exact) mass is 302 g/mol. The molecule has 0 fully saturated rings. The van der Waals surface area contributed by atoms with Gasteiger partial charge in [-0.3, -0.25) is 0 Å². The lowest BCUT2D eigenvalue weighted by molar-refractivity contribution is 0.584. The van der Waals surface area contributed by atoms with E-state index in [1.165, 1.54) is 16.2 Å². The van der Waals surface area contributed by atoms with E-state index in [0.717, 1.165) is 4.88 Å². The highest BCUT2D eigenvalue weighted by Gasteiger charge is 2.15. The van der Waals surface area contributed by atoms with Gasteiger partial charge in [-0.1, -0.05) is 6.07 Å². The maximum absolute atomic E-state index is 12.0. The zero-order valence-electron chi connectivity index (χ0n) is 9.63. The Morgan fingerprint density at radius 2 is 2.06 bits per heavy atom. The Morgan fingerprint density at radius 1 is 1.22 bits per heavy atom. The molecule has 4 nitrogen and oxygen atoms in total. The fourth-order valence-electron chi connectivity index (χ4n) is 1.45. The Labute approximate surface area is 115 Å². The SMILES string of the molecule is NCc1ccc(S(=O)(=O)NCCc2cccs2)s1. The predicted molar refractivity (Wildman–Crippen MR) is 75.4 cm³/mol. The van der Waals surface area contributed by atoms with Gasteiger partial charge in [-0.2, -0.15) is 0 Å². The summed E-state index contributed by atoms with van der Waals surface area (Å²) >= 11 is 2.84. The Morgan fingerprint density at radius 3 is 2.67 bits per heavy atom. The summed E-state index contributed by atoms with van der Waals surface area (Å²) in [5, 5.41) is 1.98. The molecule has 2 heterocycles. The summed E-state index contributed by atoms with van der Waals surface area (Å²) in [5.74, 6) is 0. The van der Waals surface area contributed by atoms with Gasteiger partial charge >= 0.3 is 0 Å². The molecule has 18 heavy (non-hydrogen) atoms. The van der Waals surface area contributed by atoms with Gasteiger partial charge in [0, 0.05) is 22.8 Å². The van der Waals surface area contributed by atoms with Crippen LogP contribution in [0.15, 0.2) is 33.9 Å². The molecular formula is C11H14N2O2S3. The van der Waals surface area contributed by atoms with E-state index in [1.54, 1.807) is 23.5 Å². The van der Waals surface area contributed by atoms with Crippen LogP contribution < -0.4 is 10.5 Å². The average molecular weight is 302 g/mol. The van der Waals surface area contributed by atoms with Gasteiger partial charge in [-0.25, -0.2) is 13.1 Å². The van der Waals surface area contributed by atoms with Crippen LogP contribution in [0.25, 0.3) is 0 Å². The molecule has 98 valence electrons. The minimum Gasteiger partial charge on any atom is -0.326 e. The van der Waals surface area contributed by atoms with Crippen molar-refractivity contribution < 1.29 is 8.42 Å². The van der Waals surface area contributed by atoms with Gasteiger partial charge < -0.3 is 5.73 Å². The first-order chi connectivity index (χ1) is 8.62. The highest BCUT2D eigenvalue weighted by atomic mass is 32.2. The molecule has 2 rings (SSSR count). The Hall–Kier alpha value is -0.730. The number of thiophene rings is 2. The van der Waals surface area contributed by atoms with Crippen molar-refractivity contribution >= 4 is 32.7 Å². The third-order valence-electron chi connectivity index (χ3n) is 2.35. The van der Waals surface area contributed by atoms with Crippen molar-refractivity contribution in [2.45, 2.75) is 17.2 Å². The minimum absolute atomic E-state index is 0.328. The molecule has 2 aromatic heterocycles. The van der Waals surface area contributed by atoms with E-state index in [2.05, 4.69) is 4.72 Å². The molecule has 0 bridgehead atoms. The normalized spacial score (nSPS) is 11.8. The van der Waals surface area contributed by atoms with Crippen LogP contribution >= 0.6 is 22.7 Å². The van der Waals surface area contributed by atoms with Crippen LogP contribution in [-0.2, 0) is 23.0 Å². The van der Waals surface area contributed by atoms with Gasteiger partial charge in [0.05, 0.1) is 0 Å². The molecule has 0 unspecified atom stereocenters. The molecule has 0 saturated heterocycles. The fourth-order valence-corrected chi connectivity index (χ4v) is 4.47. The smallest absolute Gasteiger partial charge is 0.250 e. The molecule has 7 heteroatoms. The first-order valence-corrected chi connectivity index (χ1v) is 8.60. The largest absolute Gasteiger partial charge is 0.326 e. The molecule has 0 spiro atoms. The molecule has 0 saturated carbocycles. The van der Waals surface area contributed by atoms with Crippen molar-refractivity contribution in [1.29, 1.82) is 0 Å². The predicted octanol–water partition coefficient (Wildman–Crippen LogP) is 1.79. The first-order valence-electron chi connectivity index (χ1n) is 5.42. The number of hydrogen-bond donors (Lipinski definition) is 2. The third kappa shape index (κ3) is 3.39. The summed E-state index contributed by atoms with van der Waals surface area (Å²) in [4.78, 5) is 2.04. The number of nitrogens with one attached hydrogen (secondary N) is 1. The molecule has 0 atom stereocenters. The molecule has 0 amide bonds. The van der Waals surface area contributed by atoms with Gasteiger partial charge in [-0.15, -0.1) is 22.7 Å². The van der Waals surface area contributed by atoms with E-state index in [-0.39, 0.29) is 0 Å². The van der Waals surface area contributed by atoms with Crippen molar-refractivity contribution in [3.8, 4) is 0 Å². The van der Waals surface area contributed by atoms with E-state index in [9.17, 15) is 8.42 Å². The van der Waals surface area contributed by atoms with Crippen LogP contribution in [0.1, 0.15) is 9.75 Å². The molecule has 0 radical (unpaired) electrons. The van der Waals surface area contributed by atoms with Crippen LogP contribution in [0.2, 0.25) is 0 Å². The van der Waals surface area contributed by atoms with Gasteiger partial charge in [-0.05, 0) is 30.0 Å². The minimum atomic E-state index is -3.39. The van der Waals surface area contributed by atoms with E-state index in [4.69, 9.17) is 5.73 Å². The van der Waals surface area contributed by atoms with E-state index < -0.39 is 10.0 Å². The summed E-state index contributed by atoms with van der Waals surface area (Å²) in [6, 6.07) is 7.30. The molecule has 0 aromatic carbocycles. The van der Waals surface area contributed by atoms with Crippen LogP contribution in [0.5, 0.6) is 0 Å². The summed E-state index contributed by atoms with van der Waals surface area (Å²) in [6.45, 7) is 0.786. The van der Waals surface area contributed by atoms with Crippen LogP contribution in [0.4, 0.5) is 0 Å². The lowest BCUT2D eigenvalue weighted by Gasteiger charge is -2.03. The Bertz CT molecular complexity index is 588. The summed E-state index contributed by atoms with van der Waals surface area (Å²) < 4.78 is 26.8. The fraction of sp³-hybridized carbons (Fsp3) is 0.273. The van der Waals surface area contributed by atoms with Crippen molar-refractivity contribution in [2.75, 3.05) is 6.54 Å². The summed E-state index contributed by atoms with van der Waals surface area (Å²) in [5.41, 5.74) is 5.47. The van der Waals surface area contributed by atoms with E-state index >= 15 is 0 Å². The molecule has 0 aliphatic heterocycles. The first kappa shape index (κ1) is 13.7. The third-order valence-corrected chi connectivity index (χ3v) is 6.34. The standard InChI is InChI=1S/C11H14N2O2S3/c12-8-10-3-4-11(17-10)18(14,15)13-6-5-9-2-1-7-16-9/h1-4,7,13H,5-6,8,12H2. The second-order valence-corrected chi connectivity index (χ2v) is 7.85. The molecule has 2 aromatic rings. The Kier molecular flexibility index (Phi) is 4.52. The van der Waals surface area contributed by atoms with Crippen molar-refractivity contribution in [2.24, 2.45) is 5.73 Å². The van der Waals surface area contributed by atoms with Gasteiger partial charge in [0.2, 0.25) is 10.0 Å². The number of sulfonamides is 1. The van der Waals surface area contributed by atoms with Crippen LogP contribution in [0, 0.1) is 0 Å².